The minimum absolute atomic E-state index is 0.340. The highest BCUT2D eigenvalue weighted by Gasteiger charge is 2.22. The number of carboxylic acids is 1. The van der Waals surface area contributed by atoms with Crippen LogP contribution in [-0.2, 0) is 28.5 Å². The van der Waals surface area contributed by atoms with Gasteiger partial charge >= 0.3 is 5.97 Å². The van der Waals surface area contributed by atoms with E-state index in [1.165, 1.54) is 44.9 Å². The smallest absolute Gasteiger partial charge is 0.303 e. The predicted octanol–water partition coefficient (Wildman–Crippen LogP) is 3.83. The van der Waals surface area contributed by atoms with Gasteiger partial charge in [-0.2, -0.15) is 0 Å². The largest absolute Gasteiger partial charge is 0.481 e. The van der Waals surface area contributed by atoms with E-state index in [1.54, 1.807) is 0 Å². The van der Waals surface area contributed by atoms with Gasteiger partial charge in [0.05, 0.1) is 52.9 Å². The van der Waals surface area contributed by atoms with Crippen LogP contribution >= 0.6 is 0 Å². The molecule has 2 fully saturated rings. The first-order chi connectivity index (χ1) is 14.2. The molecule has 0 amide bonds. The molecule has 0 aliphatic carbocycles. The van der Waals surface area contributed by atoms with Gasteiger partial charge in [0.1, 0.15) is 12.2 Å². The van der Waals surface area contributed by atoms with Crippen molar-refractivity contribution >= 4 is 5.97 Å². The second kappa shape index (κ2) is 19.2. The fraction of sp³-hybridized carbons (Fsp3) is 0.955. The highest BCUT2D eigenvalue weighted by Crippen LogP contribution is 2.10. The maximum atomic E-state index is 10.2. The summed E-state index contributed by atoms with van der Waals surface area (Å²) in [6.45, 7) is 7.81. The Bertz CT molecular complexity index is 352. The zero-order valence-electron chi connectivity index (χ0n) is 18.3. The Hall–Kier alpha value is -0.730. The Kier molecular flexibility index (Phi) is 17.5. The maximum Gasteiger partial charge on any atom is 0.303 e. The maximum absolute atomic E-state index is 10.2. The normalized spacial score (nSPS) is 19.5. The van der Waals surface area contributed by atoms with Gasteiger partial charge in [0.2, 0.25) is 0 Å². The Balaban J connectivity index is 0.000000291. The van der Waals surface area contributed by atoms with E-state index in [4.69, 9.17) is 28.8 Å². The molecule has 1 N–H and O–H groups in total. The van der Waals surface area contributed by atoms with E-state index >= 15 is 0 Å². The summed E-state index contributed by atoms with van der Waals surface area (Å²) < 4.78 is 25.9. The number of hydrogen-bond donors (Lipinski definition) is 1. The Morgan fingerprint density at radius 1 is 0.759 bits per heavy atom. The standard InChI is InChI=1S/C12H24O2.C10H18O5/c1-2-3-4-5-6-7-8-9-10-11-12(13)14;1(3-12-5-9-7-14-9)11-2-4-13-6-10-8-15-10/h2-11H2,1H3,(H,13,14);9-10H,1-8H2. The molecule has 0 radical (unpaired) electrons. The fourth-order valence-corrected chi connectivity index (χ4v) is 2.68. The van der Waals surface area contributed by atoms with Gasteiger partial charge in [-0.1, -0.05) is 58.3 Å². The van der Waals surface area contributed by atoms with E-state index in [0.717, 1.165) is 26.1 Å². The van der Waals surface area contributed by atoms with Crippen LogP contribution in [-0.4, -0.2) is 76.1 Å². The molecule has 2 unspecified atom stereocenters. The lowest BCUT2D eigenvalue weighted by Gasteiger charge is -2.05. The fourth-order valence-electron chi connectivity index (χ4n) is 2.68. The van der Waals surface area contributed by atoms with Gasteiger partial charge in [0.15, 0.2) is 0 Å². The van der Waals surface area contributed by atoms with Crippen molar-refractivity contribution in [1.29, 1.82) is 0 Å². The van der Waals surface area contributed by atoms with Gasteiger partial charge in [-0.15, -0.1) is 0 Å². The summed E-state index contributed by atoms with van der Waals surface area (Å²) >= 11 is 0. The monoisotopic (exact) mass is 418 g/mol. The van der Waals surface area contributed by atoms with Crippen molar-refractivity contribution in [3.05, 3.63) is 0 Å². The number of carboxylic acid groups (broad SMARTS) is 1. The van der Waals surface area contributed by atoms with Crippen molar-refractivity contribution in [1.82, 2.24) is 0 Å². The van der Waals surface area contributed by atoms with Crippen LogP contribution in [0.5, 0.6) is 0 Å². The lowest BCUT2D eigenvalue weighted by molar-refractivity contribution is -0.137. The number of unbranched alkanes of at least 4 members (excludes halogenated alkanes) is 8. The van der Waals surface area contributed by atoms with Crippen LogP contribution in [0.15, 0.2) is 0 Å². The second-order valence-electron chi connectivity index (χ2n) is 7.65. The third-order valence-electron chi connectivity index (χ3n) is 4.65. The molecule has 0 bridgehead atoms. The highest BCUT2D eigenvalue weighted by molar-refractivity contribution is 5.66. The van der Waals surface area contributed by atoms with Crippen molar-refractivity contribution in [2.45, 2.75) is 83.3 Å². The number of ether oxygens (including phenoxy) is 5. The SMILES string of the molecule is C(COCC1CO1)OCCOCC1CO1.CCCCCCCCCCCC(=O)O. The zero-order chi connectivity index (χ0) is 21.0. The number of rotatable bonds is 20. The van der Waals surface area contributed by atoms with E-state index in [-0.39, 0.29) is 0 Å². The Morgan fingerprint density at radius 2 is 1.17 bits per heavy atom. The number of aliphatic carboxylic acids is 1. The van der Waals surface area contributed by atoms with Crippen LogP contribution in [0.2, 0.25) is 0 Å². The van der Waals surface area contributed by atoms with Crippen LogP contribution in [0.1, 0.15) is 71.1 Å². The number of epoxide rings is 2. The molecule has 0 spiro atoms. The minimum atomic E-state index is -0.659. The lowest BCUT2D eigenvalue weighted by Crippen LogP contribution is -2.12. The number of hydrogen-bond acceptors (Lipinski definition) is 6. The van der Waals surface area contributed by atoms with Crippen molar-refractivity contribution in [2.75, 3.05) is 52.9 Å². The second-order valence-corrected chi connectivity index (χ2v) is 7.65. The summed E-state index contributed by atoms with van der Waals surface area (Å²) in [5, 5.41) is 8.41. The van der Waals surface area contributed by atoms with Crippen molar-refractivity contribution < 1.29 is 33.6 Å². The average molecular weight is 419 g/mol. The molecule has 2 aliphatic heterocycles. The molecule has 2 atom stereocenters. The van der Waals surface area contributed by atoms with Crippen molar-refractivity contribution in [3.63, 3.8) is 0 Å². The molecule has 0 aromatic rings. The predicted molar refractivity (Wildman–Crippen MR) is 111 cm³/mol. The molecule has 0 saturated carbocycles. The number of carbonyl (C=O) groups is 1. The van der Waals surface area contributed by atoms with Gasteiger partial charge in [-0.3, -0.25) is 4.79 Å². The van der Waals surface area contributed by atoms with Gasteiger partial charge in [-0.25, -0.2) is 0 Å². The Labute approximate surface area is 176 Å². The van der Waals surface area contributed by atoms with Gasteiger partial charge < -0.3 is 28.8 Å². The van der Waals surface area contributed by atoms with Crippen LogP contribution in [0.3, 0.4) is 0 Å². The van der Waals surface area contributed by atoms with Crippen LogP contribution in [0, 0.1) is 0 Å². The molecular weight excluding hydrogens is 376 g/mol. The van der Waals surface area contributed by atoms with Gasteiger partial charge in [0, 0.05) is 6.42 Å². The minimum Gasteiger partial charge on any atom is -0.481 e. The molecule has 0 aromatic carbocycles. The van der Waals surface area contributed by atoms with Crippen molar-refractivity contribution in [2.24, 2.45) is 0 Å². The molecular formula is C22H42O7. The average Bonchev–Trinajstić information content (AvgIpc) is 3.61. The Morgan fingerprint density at radius 3 is 1.59 bits per heavy atom. The van der Waals surface area contributed by atoms with Gasteiger partial charge in [-0.05, 0) is 6.42 Å². The highest BCUT2D eigenvalue weighted by atomic mass is 16.6. The molecule has 2 aliphatic rings. The van der Waals surface area contributed by atoms with E-state index in [1.807, 2.05) is 0 Å². The zero-order valence-corrected chi connectivity index (χ0v) is 18.3. The van der Waals surface area contributed by atoms with Crippen LogP contribution in [0.25, 0.3) is 0 Å². The molecule has 7 nitrogen and oxygen atoms in total. The molecule has 7 heteroatoms. The van der Waals surface area contributed by atoms with Crippen LogP contribution in [0.4, 0.5) is 0 Å². The molecule has 2 heterocycles. The summed E-state index contributed by atoms with van der Waals surface area (Å²) in [5.74, 6) is -0.659. The van der Waals surface area contributed by atoms with Crippen LogP contribution < -0.4 is 0 Å². The first kappa shape index (κ1) is 26.3. The van der Waals surface area contributed by atoms with E-state index in [0.29, 0.717) is 58.3 Å². The van der Waals surface area contributed by atoms with E-state index in [9.17, 15) is 4.79 Å². The summed E-state index contributed by atoms with van der Waals surface area (Å²) in [4.78, 5) is 10.2. The first-order valence-corrected chi connectivity index (χ1v) is 11.4. The third kappa shape index (κ3) is 21.8. The summed E-state index contributed by atoms with van der Waals surface area (Å²) in [5.41, 5.74) is 0. The van der Waals surface area contributed by atoms with E-state index < -0.39 is 5.97 Å². The van der Waals surface area contributed by atoms with Crippen molar-refractivity contribution in [3.8, 4) is 0 Å². The van der Waals surface area contributed by atoms with E-state index in [2.05, 4.69) is 6.92 Å². The molecule has 172 valence electrons. The molecule has 0 aromatic heterocycles. The topological polar surface area (TPSA) is 90.0 Å². The lowest BCUT2D eigenvalue weighted by atomic mass is 10.1. The first-order valence-electron chi connectivity index (χ1n) is 11.4. The summed E-state index contributed by atoms with van der Waals surface area (Å²) in [6, 6.07) is 0. The third-order valence-corrected chi connectivity index (χ3v) is 4.65. The summed E-state index contributed by atoms with van der Waals surface area (Å²) in [7, 11) is 0. The molecule has 2 saturated heterocycles. The quantitative estimate of drug-likeness (QED) is 0.237. The molecule has 29 heavy (non-hydrogen) atoms. The molecule has 2 rings (SSSR count). The summed E-state index contributed by atoms with van der Waals surface area (Å²) in [6.07, 6.45) is 12.2. The van der Waals surface area contributed by atoms with Gasteiger partial charge in [0.25, 0.3) is 0 Å².